The summed E-state index contributed by atoms with van der Waals surface area (Å²) in [6, 6.07) is 20.4. The normalized spacial score (nSPS) is 14.2. The van der Waals surface area contributed by atoms with Gasteiger partial charge < -0.3 is 9.47 Å². The van der Waals surface area contributed by atoms with E-state index < -0.39 is 46.0 Å². The molecule has 3 aromatic carbocycles. The van der Waals surface area contributed by atoms with Crippen LogP contribution in [0.2, 0.25) is 0 Å². The maximum absolute atomic E-state index is 13.1. The molecule has 0 spiro atoms. The molecule has 0 saturated heterocycles. The average Bonchev–Trinajstić information content (AvgIpc) is 2.92. The Bertz CT molecular complexity index is 1200. The second-order valence-corrected chi connectivity index (χ2v) is 11.2. The molecule has 3 rings (SSSR count). The van der Waals surface area contributed by atoms with Crippen molar-refractivity contribution < 1.29 is 27.5 Å². The van der Waals surface area contributed by atoms with E-state index in [1.54, 1.807) is 48.5 Å². The van der Waals surface area contributed by atoms with E-state index in [-0.39, 0.29) is 12.8 Å². The van der Waals surface area contributed by atoms with Gasteiger partial charge in [0, 0.05) is 0 Å². The van der Waals surface area contributed by atoms with Gasteiger partial charge in [0.1, 0.15) is 22.0 Å². The van der Waals surface area contributed by atoms with Crippen molar-refractivity contribution in [1.82, 2.24) is 9.44 Å². The molecule has 3 aromatic rings. The molecule has 0 saturated carbocycles. The van der Waals surface area contributed by atoms with Crippen molar-refractivity contribution in [2.45, 2.75) is 48.6 Å². The first-order chi connectivity index (χ1) is 18.2. The molecular weight excluding hydrogens is 524 g/mol. The van der Waals surface area contributed by atoms with Crippen molar-refractivity contribution in [2.75, 3.05) is 14.2 Å². The standard InChI is InChI=1S/C28H32N2O6S2/c1-19-8-12-23(13-9-19)37(33)29-25(17-27(31)35-3)21-6-5-7-22(16-21)26(18-28(32)36-4)30-38(34)24-14-10-20(2)11-15-24/h5-16,25-26,29-30H,17-18H2,1-4H3/t25-,26-,37+,38+/m1/s1. The van der Waals surface area contributed by atoms with Crippen LogP contribution >= 0.6 is 0 Å². The van der Waals surface area contributed by atoms with Crippen molar-refractivity contribution in [3.8, 4) is 0 Å². The topological polar surface area (TPSA) is 111 Å². The SMILES string of the molecule is COC(=O)C[C@@H](N[S@@](=O)c1ccc(C)cc1)c1cccc([C@@H](CC(=O)OC)N[S@@](=O)c2ccc(C)cc2)c1. The van der Waals surface area contributed by atoms with Crippen LogP contribution < -0.4 is 9.44 Å². The number of carbonyl (C=O) groups is 2. The van der Waals surface area contributed by atoms with Gasteiger partial charge in [-0.2, -0.15) is 0 Å². The molecule has 0 unspecified atom stereocenters. The van der Waals surface area contributed by atoms with Crippen LogP contribution in [0.3, 0.4) is 0 Å². The molecule has 0 bridgehead atoms. The van der Waals surface area contributed by atoms with E-state index in [1.165, 1.54) is 14.2 Å². The molecule has 0 aliphatic carbocycles. The Labute approximate surface area is 228 Å². The van der Waals surface area contributed by atoms with Gasteiger partial charge in [0.15, 0.2) is 0 Å². The lowest BCUT2D eigenvalue weighted by Gasteiger charge is -2.22. The highest BCUT2D eigenvalue weighted by molar-refractivity contribution is 7.83. The van der Waals surface area contributed by atoms with Crippen molar-refractivity contribution in [3.05, 3.63) is 95.1 Å². The zero-order valence-electron chi connectivity index (χ0n) is 21.8. The second kappa shape index (κ2) is 14.1. The first kappa shape index (κ1) is 29.4. The van der Waals surface area contributed by atoms with Gasteiger partial charge in [-0.25, -0.2) is 17.9 Å². The lowest BCUT2D eigenvalue weighted by atomic mass is 9.97. The van der Waals surface area contributed by atoms with Crippen molar-refractivity contribution in [1.29, 1.82) is 0 Å². The van der Waals surface area contributed by atoms with E-state index in [0.717, 1.165) is 11.1 Å². The first-order valence-corrected chi connectivity index (χ1v) is 14.2. The summed E-state index contributed by atoms with van der Waals surface area (Å²) in [6.45, 7) is 3.88. The number of hydrogen-bond acceptors (Lipinski definition) is 6. The van der Waals surface area contributed by atoms with Gasteiger partial charge in [0.25, 0.3) is 0 Å². The zero-order valence-corrected chi connectivity index (χ0v) is 23.4. The number of benzene rings is 3. The van der Waals surface area contributed by atoms with E-state index in [2.05, 4.69) is 9.44 Å². The van der Waals surface area contributed by atoms with E-state index in [9.17, 15) is 18.0 Å². The summed E-state index contributed by atoms with van der Waals surface area (Å²) in [7, 11) is -0.611. The number of hydrogen-bond donors (Lipinski definition) is 2. The monoisotopic (exact) mass is 556 g/mol. The van der Waals surface area contributed by atoms with Crippen LogP contribution in [-0.4, -0.2) is 34.6 Å². The molecular formula is C28H32N2O6S2. The van der Waals surface area contributed by atoms with Crippen LogP contribution in [0.1, 0.15) is 47.2 Å². The van der Waals surface area contributed by atoms with E-state index >= 15 is 0 Å². The Morgan fingerprint density at radius 2 is 1.05 bits per heavy atom. The van der Waals surface area contributed by atoms with Gasteiger partial charge in [0.05, 0.1) is 48.9 Å². The predicted molar refractivity (Wildman–Crippen MR) is 147 cm³/mol. The molecule has 0 amide bonds. The second-order valence-electron chi connectivity index (χ2n) is 8.74. The molecule has 202 valence electrons. The summed E-state index contributed by atoms with van der Waals surface area (Å²) >= 11 is 0. The molecule has 0 aliphatic rings. The number of nitrogens with one attached hydrogen (secondary N) is 2. The number of rotatable bonds is 12. The molecule has 0 aromatic heterocycles. The van der Waals surface area contributed by atoms with Crippen LogP contribution in [0.15, 0.2) is 82.6 Å². The molecule has 8 nitrogen and oxygen atoms in total. The predicted octanol–water partition coefficient (Wildman–Crippen LogP) is 4.14. The summed E-state index contributed by atoms with van der Waals surface area (Å²) in [5.41, 5.74) is 3.39. The van der Waals surface area contributed by atoms with Gasteiger partial charge >= 0.3 is 11.9 Å². The van der Waals surface area contributed by atoms with Crippen LogP contribution in [0.5, 0.6) is 0 Å². The summed E-state index contributed by atoms with van der Waals surface area (Å²) < 4.78 is 41.9. The Hall–Kier alpha value is -3.18. The molecule has 0 fully saturated rings. The highest BCUT2D eigenvalue weighted by Gasteiger charge is 2.24. The number of carbonyl (C=O) groups excluding carboxylic acids is 2. The van der Waals surface area contributed by atoms with E-state index in [1.807, 2.05) is 38.1 Å². The minimum atomic E-state index is -1.60. The van der Waals surface area contributed by atoms with Crippen LogP contribution in [0, 0.1) is 13.8 Å². The first-order valence-electron chi connectivity index (χ1n) is 11.9. The number of esters is 2. The van der Waals surface area contributed by atoms with Gasteiger partial charge in [-0.1, -0.05) is 59.7 Å². The third kappa shape index (κ3) is 8.42. The fourth-order valence-corrected chi connectivity index (χ4v) is 5.66. The summed E-state index contributed by atoms with van der Waals surface area (Å²) in [6.07, 6.45) is -0.135. The van der Waals surface area contributed by atoms with Crippen molar-refractivity contribution in [3.63, 3.8) is 0 Å². The highest BCUT2D eigenvalue weighted by atomic mass is 32.2. The van der Waals surface area contributed by atoms with Crippen molar-refractivity contribution >= 4 is 33.9 Å². The largest absolute Gasteiger partial charge is 0.469 e. The molecule has 4 atom stereocenters. The Morgan fingerprint density at radius 1 is 0.684 bits per heavy atom. The third-order valence-corrected chi connectivity index (χ3v) is 8.28. The summed E-state index contributed by atoms with van der Waals surface area (Å²) in [4.78, 5) is 25.6. The quantitative estimate of drug-likeness (QED) is 0.325. The van der Waals surface area contributed by atoms with E-state index in [4.69, 9.17) is 9.47 Å². The van der Waals surface area contributed by atoms with Gasteiger partial charge in [-0.15, -0.1) is 0 Å². The number of aryl methyl sites for hydroxylation is 2. The Balaban J connectivity index is 1.90. The zero-order chi connectivity index (χ0) is 27.7. The maximum atomic E-state index is 13.1. The van der Waals surface area contributed by atoms with E-state index in [0.29, 0.717) is 20.9 Å². The Morgan fingerprint density at radius 3 is 1.39 bits per heavy atom. The fraction of sp³-hybridized carbons (Fsp3) is 0.286. The Kier molecular flexibility index (Phi) is 10.9. The summed E-state index contributed by atoms with van der Waals surface area (Å²) in [5, 5.41) is 0. The third-order valence-electron chi connectivity index (χ3n) is 5.88. The average molecular weight is 557 g/mol. The van der Waals surface area contributed by atoms with Gasteiger partial charge in [-0.05, 0) is 49.2 Å². The molecule has 2 N–H and O–H groups in total. The number of methoxy groups -OCH3 is 2. The lowest BCUT2D eigenvalue weighted by Crippen LogP contribution is -2.28. The fourth-order valence-electron chi connectivity index (χ4n) is 3.67. The smallest absolute Gasteiger partial charge is 0.307 e. The number of ether oxygens (including phenoxy) is 2. The van der Waals surface area contributed by atoms with Crippen LogP contribution in [0.4, 0.5) is 0 Å². The molecule has 0 radical (unpaired) electrons. The summed E-state index contributed by atoms with van der Waals surface area (Å²) in [5.74, 6) is -0.947. The minimum Gasteiger partial charge on any atom is -0.469 e. The highest BCUT2D eigenvalue weighted by Crippen LogP contribution is 2.26. The minimum absolute atomic E-state index is 0.0675. The van der Waals surface area contributed by atoms with Crippen LogP contribution in [-0.2, 0) is 41.0 Å². The molecule has 0 heterocycles. The van der Waals surface area contributed by atoms with Gasteiger partial charge in [-0.3, -0.25) is 9.59 Å². The lowest BCUT2D eigenvalue weighted by molar-refractivity contribution is -0.142. The van der Waals surface area contributed by atoms with Crippen molar-refractivity contribution in [2.24, 2.45) is 0 Å². The molecule has 10 heteroatoms. The van der Waals surface area contributed by atoms with Gasteiger partial charge in [0.2, 0.25) is 0 Å². The molecule has 38 heavy (non-hydrogen) atoms. The molecule has 0 aliphatic heterocycles. The maximum Gasteiger partial charge on any atom is 0.307 e. The van der Waals surface area contributed by atoms with Crippen LogP contribution in [0.25, 0.3) is 0 Å².